The monoisotopic (exact) mass is 313 g/mol. The van der Waals surface area contributed by atoms with Gasteiger partial charge in [0.2, 0.25) is 0 Å². The Kier molecular flexibility index (Phi) is 2.46. The number of hydrogen-bond donors (Lipinski definition) is 0. The van der Waals surface area contributed by atoms with E-state index in [1.54, 1.807) is 34.2 Å². The third-order valence-corrected chi connectivity index (χ3v) is 3.95. The molecule has 0 N–H and O–H groups in total. The van der Waals surface area contributed by atoms with Crippen LogP contribution in [0, 0.1) is 0 Å². The fourth-order valence-electron chi connectivity index (χ4n) is 1.40. The zero-order chi connectivity index (χ0) is 11.1. The van der Waals surface area contributed by atoms with Gasteiger partial charge in [0, 0.05) is 17.3 Å². The molecule has 3 aromatic rings. The van der Waals surface area contributed by atoms with E-state index in [0.29, 0.717) is 5.02 Å². The molecule has 3 rings (SSSR count). The molecule has 0 spiro atoms. The lowest BCUT2D eigenvalue weighted by atomic mass is 10.4. The number of aromatic nitrogens is 3. The number of thiophene rings is 1. The topological polar surface area (TPSA) is 30.2 Å². The SMILES string of the molecule is Clc1ccn2nc(-c3ccc(Br)s3)nc2c1. The van der Waals surface area contributed by atoms with Crippen molar-refractivity contribution in [2.75, 3.05) is 0 Å². The van der Waals surface area contributed by atoms with Crippen LogP contribution in [0.2, 0.25) is 5.02 Å². The highest BCUT2D eigenvalue weighted by Crippen LogP contribution is 2.29. The maximum absolute atomic E-state index is 5.89. The van der Waals surface area contributed by atoms with E-state index in [0.717, 1.165) is 20.1 Å². The van der Waals surface area contributed by atoms with E-state index < -0.39 is 0 Å². The molecule has 0 atom stereocenters. The summed E-state index contributed by atoms with van der Waals surface area (Å²) in [5, 5.41) is 5.04. The van der Waals surface area contributed by atoms with Crippen molar-refractivity contribution in [2.45, 2.75) is 0 Å². The highest BCUT2D eigenvalue weighted by molar-refractivity contribution is 9.11. The Balaban J connectivity index is 2.18. The van der Waals surface area contributed by atoms with Gasteiger partial charge >= 0.3 is 0 Å². The van der Waals surface area contributed by atoms with Gasteiger partial charge in [0.15, 0.2) is 11.5 Å². The summed E-state index contributed by atoms with van der Waals surface area (Å²) in [5.74, 6) is 0.720. The van der Waals surface area contributed by atoms with Gasteiger partial charge in [0.1, 0.15) is 0 Å². The lowest BCUT2D eigenvalue weighted by molar-refractivity contribution is 0.967. The summed E-state index contributed by atoms with van der Waals surface area (Å²) in [4.78, 5) is 5.45. The van der Waals surface area contributed by atoms with E-state index in [-0.39, 0.29) is 0 Å². The standard InChI is InChI=1S/C10H5BrClN3S/c11-8-2-1-7(16-8)10-13-9-5-6(12)3-4-15(9)14-10/h1-5H. The van der Waals surface area contributed by atoms with E-state index in [1.807, 2.05) is 12.1 Å². The number of pyridine rings is 1. The Labute approximate surface area is 109 Å². The number of halogens is 2. The van der Waals surface area contributed by atoms with Gasteiger partial charge < -0.3 is 0 Å². The third-order valence-electron chi connectivity index (χ3n) is 2.09. The summed E-state index contributed by atoms with van der Waals surface area (Å²) in [6.07, 6.45) is 1.80. The van der Waals surface area contributed by atoms with Crippen LogP contribution in [0.1, 0.15) is 0 Å². The summed E-state index contributed by atoms with van der Waals surface area (Å²) in [5.41, 5.74) is 0.757. The zero-order valence-corrected chi connectivity index (χ0v) is 11.1. The van der Waals surface area contributed by atoms with Crippen molar-refractivity contribution in [3.63, 3.8) is 0 Å². The van der Waals surface area contributed by atoms with Crippen LogP contribution in [-0.2, 0) is 0 Å². The van der Waals surface area contributed by atoms with Crippen LogP contribution in [0.15, 0.2) is 34.2 Å². The summed E-state index contributed by atoms with van der Waals surface area (Å²) in [7, 11) is 0. The van der Waals surface area contributed by atoms with Crippen molar-refractivity contribution in [1.29, 1.82) is 0 Å². The predicted molar refractivity (Wildman–Crippen MR) is 69.0 cm³/mol. The first-order valence-electron chi connectivity index (χ1n) is 4.50. The smallest absolute Gasteiger partial charge is 0.192 e. The molecule has 0 radical (unpaired) electrons. The molecule has 0 aliphatic heterocycles. The quantitative estimate of drug-likeness (QED) is 0.682. The van der Waals surface area contributed by atoms with Gasteiger partial charge in [-0.15, -0.1) is 16.4 Å². The fourth-order valence-corrected chi connectivity index (χ4v) is 2.86. The summed E-state index contributed by atoms with van der Waals surface area (Å²) in [6, 6.07) is 7.56. The fraction of sp³-hybridized carbons (Fsp3) is 0. The maximum atomic E-state index is 5.89. The minimum Gasteiger partial charge on any atom is -0.220 e. The first-order chi connectivity index (χ1) is 7.72. The predicted octanol–water partition coefficient (Wildman–Crippen LogP) is 3.87. The first kappa shape index (κ1) is 10.3. The minimum absolute atomic E-state index is 0.666. The van der Waals surface area contributed by atoms with Crippen LogP contribution in [0.3, 0.4) is 0 Å². The van der Waals surface area contributed by atoms with Crippen LogP contribution in [0.4, 0.5) is 0 Å². The first-order valence-corrected chi connectivity index (χ1v) is 6.49. The minimum atomic E-state index is 0.666. The van der Waals surface area contributed by atoms with Crippen LogP contribution in [0.25, 0.3) is 16.3 Å². The molecule has 0 saturated carbocycles. The molecule has 0 aliphatic rings. The number of nitrogens with zero attached hydrogens (tertiary/aromatic N) is 3. The van der Waals surface area contributed by atoms with Gasteiger partial charge in [-0.05, 0) is 34.1 Å². The van der Waals surface area contributed by atoms with Gasteiger partial charge in [-0.3, -0.25) is 0 Å². The molecular weight excluding hydrogens is 310 g/mol. The zero-order valence-electron chi connectivity index (χ0n) is 7.89. The van der Waals surface area contributed by atoms with Crippen LogP contribution < -0.4 is 0 Å². The Morgan fingerprint density at radius 2 is 2.19 bits per heavy atom. The van der Waals surface area contributed by atoms with Crippen molar-refractivity contribution in [3.05, 3.63) is 39.3 Å². The molecule has 16 heavy (non-hydrogen) atoms. The summed E-state index contributed by atoms with van der Waals surface area (Å²) in [6.45, 7) is 0. The lowest BCUT2D eigenvalue weighted by Crippen LogP contribution is -1.84. The molecule has 0 aliphatic carbocycles. The summed E-state index contributed by atoms with van der Waals surface area (Å²) >= 11 is 10.9. The van der Waals surface area contributed by atoms with E-state index in [4.69, 9.17) is 11.6 Å². The van der Waals surface area contributed by atoms with Gasteiger partial charge in [0.25, 0.3) is 0 Å². The number of fused-ring (bicyclic) bond motifs is 1. The Bertz CT molecular complexity index is 661. The molecule has 0 aromatic carbocycles. The lowest BCUT2D eigenvalue weighted by Gasteiger charge is -1.89. The largest absolute Gasteiger partial charge is 0.220 e. The average Bonchev–Trinajstić information content (AvgIpc) is 2.83. The second kappa shape index (κ2) is 3.84. The van der Waals surface area contributed by atoms with Crippen molar-refractivity contribution in [1.82, 2.24) is 14.6 Å². The average molecular weight is 315 g/mol. The van der Waals surface area contributed by atoms with Crippen LogP contribution in [0.5, 0.6) is 0 Å². The van der Waals surface area contributed by atoms with Gasteiger partial charge in [-0.1, -0.05) is 11.6 Å². The molecule has 3 nitrogen and oxygen atoms in total. The molecule has 3 heterocycles. The van der Waals surface area contributed by atoms with Crippen LogP contribution >= 0.6 is 38.9 Å². The Morgan fingerprint density at radius 1 is 1.31 bits per heavy atom. The number of hydrogen-bond acceptors (Lipinski definition) is 3. The second-order valence-electron chi connectivity index (χ2n) is 3.19. The Morgan fingerprint density at radius 3 is 2.94 bits per heavy atom. The molecule has 0 amide bonds. The van der Waals surface area contributed by atoms with Crippen molar-refractivity contribution < 1.29 is 0 Å². The van der Waals surface area contributed by atoms with Gasteiger partial charge in [-0.2, -0.15) is 0 Å². The molecule has 6 heteroatoms. The Hall–Kier alpha value is -0.910. The van der Waals surface area contributed by atoms with Gasteiger partial charge in [-0.25, -0.2) is 9.50 Å². The molecule has 3 aromatic heterocycles. The van der Waals surface area contributed by atoms with Crippen molar-refractivity contribution in [2.24, 2.45) is 0 Å². The summed E-state index contributed by atoms with van der Waals surface area (Å²) < 4.78 is 2.79. The van der Waals surface area contributed by atoms with E-state index in [9.17, 15) is 0 Å². The van der Waals surface area contributed by atoms with E-state index >= 15 is 0 Å². The second-order valence-corrected chi connectivity index (χ2v) is 6.09. The van der Waals surface area contributed by atoms with E-state index in [2.05, 4.69) is 26.0 Å². The number of rotatable bonds is 1. The van der Waals surface area contributed by atoms with Crippen molar-refractivity contribution in [3.8, 4) is 10.7 Å². The highest BCUT2D eigenvalue weighted by Gasteiger charge is 2.08. The molecule has 0 fully saturated rings. The normalized spacial score (nSPS) is 11.1. The van der Waals surface area contributed by atoms with Crippen molar-refractivity contribution >= 4 is 44.5 Å². The maximum Gasteiger partial charge on any atom is 0.192 e. The van der Waals surface area contributed by atoms with Gasteiger partial charge in [0.05, 0.1) is 8.66 Å². The highest BCUT2D eigenvalue weighted by atomic mass is 79.9. The molecule has 0 saturated heterocycles. The molecule has 0 bridgehead atoms. The third kappa shape index (κ3) is 1.75. The van der Waals surface area contributed by atoms with E-state index in [1.165, 1.54) is 0 Å². The molecule has 80 valence electrons. The molecule has 0 unspecified atom stereocenters. The van der Waals surface area contributed by atoms with Crippen LogP contribution in [-0.4, -0.2) is 14.6 Å². The molecular formula is C10H5BrClN3S.